The van der Waals surface area contributed by atoms with Gasteiger partial charge in [-0.1, -0.05) is 29.3 Å². The van der Waals surface area contributed by atoms with Crippen molar-refractivity contribution in [2.45, 2.75) is 31.6 Å². The van der Waals surface area contributed by atoms with Crippen LogP contribution in [0.4, 0.5) is 5.69 Å². The average molecular weight is 375 g/mol. The Balaban J connectivity index is 2.15. The number of carboxylic acid groups (broad SMARTS) is 1. The van der Waals surface area contributed by atoms with Crippen LogP contribution < -0.4 is 5.32 Å². The molecule has 2 rings (SSSR count). The molecule has 0 atom stereocenters. The van der Waals surface area contributed by atoms with Crippen molar-refractivity contribution >= 4 is 27.4 Å². The van der Waals surface area contributed by atoms with Crippen LogP contribution in [0.15, 0.2) is 41.3 Å². The molecule has 0 saturated carbocycles. The standard InChI is InChI=1S/C19H21NO5S/c1-12-6-13(2)8-14(7-12)4-5-18(21)20-16-9-15(19(22)23)10-17(11-16)26(3,24)25/h6-11H,4-5H2,1-3H3,(H,20,21)(H,22,23). The van der Waals surface area contributed by atoms with E-state index in [0.29, 0.717) is 6.42 Å². The molecule has 0 heterocycles. The van der Waals surface area contributed by atoms with Crippen LogP contribution in [-0.4, -0.2) is 31.7 Å². The monoisotopic (exact) mass is 375 g/mol. The van der Waals surface area contributed by atoms with E-state index >= 15 is 0 Å². The number of benzene rings is 2. The molecule has 7 heteroatoms. The van der Waals surface area contributed by atoms with Crippen molar-refractivity contribution in [1.29, 1.82) is 0 Å². The lowest BCUT2D eigenvalue weighted by Crippen LogP contribution is -2.14. The van der Waals surface area contributed by atoms with Crippen LogP contribution in [0, 0.1) is 13.8 Å². The van der Waals surface area contributed by atoms with E-state index in [-0.39, 0.29) is 28.5 Å². The van der Waals surface area contributed by atoms with Gasteiger partial charge in [-0.2, -0.15) is 0 Å². The van der Waals surface area contributed by atoms with E-state index in [9.17, 15) is 18.0 Å². The number of nitrogens with one attached hydrogen (secondary N) is 1. The smallest absolute Gasteiger partial charge is 0.335 e. The molecule has 6 nitrogen and oxygen atoms in total. The van der Waals surface area contributed by atoms with Crippen molar-refractivity contribution in [3.8, 4) is 0 Å². The second kappa shape index (κ2) is 7.70. The van der Waals surface area contributed by atoms with E-state index in [1.165, 1.54) is 12.1 Å². The Morgan fingerprint density at radius 3 is 2.15 bits per heavy atom. The molecule has 0 fully saturated rings. The molecular weight excluding hydrogens is 354 g/mol. The number of sulfone groups is 1. The molecule has 2 N–H and O–H groups in total. The quantitative estimate of drug-likeness (QED) is 0.808. The first-order valence-electron chi connectivity index (χ1n) is 8.00. The fourth-order valence-electron chi connectivity index (χ4n) is 2.70. The summed E-state index contributed by atoms with van der Waals surface area (Å²) in [5.74, 6) is -1.58. The number of hydrogen-bond acceptors (Lipinski definition) is 4. The SMILES string of the molecule is Cc1cc(C)cc(CCC(=O)Nc2cc(C(=O)O)cc(S(C)(=O)=O)c2)c1. The zero-order valence-electron chi connectivity index (χ0n) is 14.9. The Hall–Kier alpha value is -2.67. The maximum absolute atomic E-state index is 12.2. The summed E-state index contributed by atoms with van der Waals surface area (Å²) in [6, 6.07) is 9.64. The molecular formula is C19H21NO5S. The van der Waals surface area contributed by atoms with Gasteiger partial charge in [-0.3, -0.25) is 4.79 Å². The molecule has 0 aliphatic heterocycles. The highest BCUT2D eigenvalue weighted by Crippen LogP contribution is 2.20. The highest BCUT2D eigenvalue weighted by atomic mass is 32.2. The minimum Gasteiger partial charge on any atom is -0.478 e. The summed E-state index contributed by atoms with van der Waals surface area (Å²) >= 11 is 0. The van der Waals surface area contributed by atoms with E-state index in [1.54, 1.807) is 0 Å². The minimum atomic E-state index is -3.60. The molecule has 0 saturated heterocycles. The molecule has 2 aromatic carbocycles. The molecule has 0 radical (unpaired) electrons. The zero-order chi connectivity index (χ0) is 19.5. The summed E-state index contributed by atoms with van der Waals surface area (Å²) in [6.45, 7) is 3.97. The maximum Gasteiger partial charge on any atom is 0.335 e. The van der Waals surface area contributed by atoms with Crippen molar-refractivity contribution in [1.82, 2.24) is 0 Å². The molecule has 0 aliphatic carbocycles. The molecule has 26 heavy (non-hydrogen) atoms. The highest BCUT2D eigenvalue weighted by molar-refractivity contribution is 7.90. The van der Waals surface area contributed by atoms with E-state index in [4.69, 9.17) is 5.11 Å². The molecule has 0 spiro atoms. The number of aryl methyl sites for hydroxylation is 3. The van der Waals surface area contributed by atoms with E-state index < -0.39 is 15.8 Å². The van der Waals surface area contributed by atoms with Crippen molar-refractivity contribution < 1.29 is 23.1 Å². The van der Waals surface area contributed by atoms with Crippen LogP contribution in [0.1, 0.15) is 33.5 Å². The van der Waals surface area contributed by atoms with Gasteiger partial charge in [0.25, 0.3) is 0 Å². The number of carbonyl (C=O) groups excluding carboxylic acids is 1. The van der Waals surface area contributed by atoms with Gasteiger partial charge in [0.05, 0.1) is 10.5 Å². The third kappa shape index (κ3) is 5.42. The lowest BCUT2D eigenvalue weighted by Gasteiger charge is -2.09. The predicted octanol–water partition coefficient (Wildman–Crippen LogP) is 2.98. The van der Waals surface area contributed by atoms with Gasteiger partial charge in [-0.15, -0.1) is 0 Å². The Labute approximate surface area is 152 Å². The molecule has 0 aliphatic rings. The summed E-state index contributed by atoms with van der Waals surface area (Å²) in [5.41, 5.74) is 3.22. The third-order valence-electron chi connectivity index (χ3n) is 3.79. The van der Waals surface area contributed by atoms with Crippen LogP contribution in [0.5, 0.6) is 0 Å². The van der Waals surface area contributed by atoms with Gasteiger partial charge in [0.2, 0.25) is 5.91 Å². The Kier molecular flexibility index (Phi) is 5.82. The molecule has 1 amide bonds. The lowest BCUT2D eigenvalue weighted by molar-refractivity contribution is -0.116. The first kappa shape index (κ1) is 19.7. The summed E-state index contributed by atoms with van der Waals surface area (Å²) in [5, 5.41) is 11.7. The number of anilines is 1. The second-order valence-electron chi connectivity index (χ2n) is 6.37. The van der Waals surface area contributed by atoms with E-state index in [1.807, 2.05) is 32.0 Å². The summed E-state index contributed by atoms with van der Waals surface area (Å²) in [4.78, 5) is 23.2. The van der Waals surface area contributed by atoms with Crippen LogP contribution in [-0.2, 0) is 21.1 Å². The van der Waals surface area contributed by atoms with Gasteiger partial charge in [0, 0.05) is 18.4 Å². The van der Waals surface area contributed by atoms with Gasteiger partial charge in [0.15, 0.2) is 9.84 Å². The molecule has 138 valence electrons. The Morgan fingerprint density at radius 2 is 1.62 bits per heavy atom. The van der Waals surface area contributed by atoms with Gasteiger partial charge in [-0.25, -0.2) is 13.2 Å². The van der Waals surface area contributed by atoms with Crippen molar-refractivity contribution in [2.24, 2.45) is 0 Å². The molecule has 0 unspecified atom stereocenters. The minimum absolute atomic E-state index is 0.149. The van der Waals surface area contributed by atoms with Crippen molar-refractivity contribution in [3.05, 3.63) is 58.7 Å². The van der Waals surface area contributed by atoms with Crippen LogP contribution in [0.25, 0.3) is 0 Å². The number of carboxylic acids is 1. The molecule has 0 bridgehead atoms. The van der Waals surface area contributed by atoms with Crippen molar-refractivity contribution in [2.75, 3.05) is 11.6 Å². The molecule has 2 aromatic rings. The van der Waals surface area contributed by atoms with E-state index in [2.05, 4.69) is 5.32 Å². The zero-order valence-corrected chi connectivity index (χ0v) is 15.7. The summed E-state index contributed by atoms with van der Waals surface area (Å²) < 4.78 is 23.4. The Bertz CT molecular complexity index is 944. The topological polar surface area (TPSA) is 101 Å². The van der Waals surface area contributed by atoms with Crippen LogP contribution in [0.2, 0.25) is 0 Å². The van der Waals surface area contributed by atoms with Gasteiger partial charge in [0.1, 0.15) is 0 Å². The number of hydrogen-bond donors (Lipinski definition) is 2. The first-order valence-corrected chi connectivity index (χ1v) is 9.89. The first-order chi connectivity index (χ1) is 12.0. The fraction of sp³-hybridized carbons (Fsp3) is 0.263. The normalized spacial score (nSPS) is 11.2. The second-order valence-corrected chi connectivity index (χ2v) is 8.38. The highest BCUT2D eigenvalue weighted by Gasteiger charge is 2.15. The maximum atomic E-state index is 12.2. The fourth-order valence-corrected chi connectivity index (χ4v) is 3.39. The predicted molar refractivity (Wildman–Crippen MR) is 99.4 cm³/mol. The van der Waals surface area contributed by atoms with E-state index in [0.717, 1.165) is 29.0 Å². The number of rotatable bonds is 6. The van der Waals surface area contributed by atoms with Gasteiger partial charge >= 0.3 is 5.97 Å². The Morgan fingerprint density at radius 1 is 1.00 bits per heavy atom. The lowest BCUT2D eigenvalue weighted by atomic mass is 10.0. The number of carbonyl (C=O) groups is 2. The van der Waals surface area contributed by atoms with Crippen LogP contribution >= 0.6 is 0 Å². The molecule has 0 aromatic heterocycles. The average Bonchev–Trinajstić information content (AvgIpc) is 2.51. The van der Waals surface area contributed by atoms with Crippen LogP contribution in [0.3, 0.4) is 0 Å². The number of amides is 1. The number of aromatic carboxylic acids is 1. The summed E-state index contributed by atoms with van der Waals surface area (Å²) in [7, 11) is -3.60. The summed E-state index contributed by atoms with van der Waals surface area (Å²) in [6.07, 6.45) is 1.72. The van der Waals surface area contributed by atoms with Crippen molar-refractivity contribution in [3.63, 3.8) is 0 Å². The largest absolute Gasteiger partial charge is 0.478 e. The van der Waals surface area contributed by atoms with Gasteiger partial charge in [-0.05, 0) is 44.0 Å². The van der Waals surface area contributed by atoms with Gasteiger partial charge < -0.3 is 10.4 Å². The third-order valence-corrected chi connectivity index (χ3v) is 4.88.